The van der Waals surface area contributed by atoms with E-state index in [1.807, 2.05) is 21.1 Å². The summed E-state index contributed by atoms with van der Waals surface area (Å²) in [5.41, 5.74) is 0. The second-order valence-corrected chi connectivity index (χ2v) is 16.3. The maximum absolute atomic E-state index is 12.8. The molecule has 0 radical (unpaired) electrons. The van der Waals surface area contributed by atoms with Gasteiger partial charge in [-0.1, -0.05) is 151 Å². The van der Waals surface area contributed by atoms with Crippen LogP contribution in [0.25, 0.3) is 0 Å². The van der Waals surface area contributed by atoms with E-state index in [1.165, 1.54) is 38.5 Å². The van der Waals surface area contributed by atoms with Crippen molar-refractivity contribution in [1.82, 2.24) is 0 Å². The highest BCUT2D eigenvalue weighted by Gasteiger charge is 2.21. The molecule has 0 rings (SSSR count). The maximum atomic E-state index is 12.8. The summed E-state index contributed by atoms with van der Waals surface area (Å²) in [7, 11) is 5.89. The number of carbonyl (C=O) groups excluding carboxylic acids is 3. The molecule has 0 N–H and O–H groups in total. The molecule has 9 heteroatoms. The van der Waals surface area contributed by atoms with E-state index in [2.05, 4.69) is 86.8 Å². The van der Waals surface area contributed by atoms with E-state index in [0.29, 0.717) is 17.4 Å². The van der Waals surface area contributed by atoms with Crippen LogP contribution in [0, 0.1) is 0 Å². The summed E-state index contributed by atoms with van der Waals surface area (Å²) in [6, 6.07) is 0. The van der Waals surface area contributed by atoms with Crippen molar-refractivity contribution in [3.63, 3.8) is 0 Å². The number of quaternary nitrogens is 1. The van der Waals surface area contributed by atoms with Crippen molar-refractivity contribution in [2.75, 3.05) is 47.5 Å². The monoisotopic (exact) mass is 828 g/mol. The van der Waals surface area contributed by atoms with Gasteiger partial charge in [-0.25, -0.2) is 0 Å². The number of rotatable bonds is 41. The van der Waals surface area contributed by atoms with Crippen LogP contribution in [0.1, 0.15) is 168 Å². The molecule has 0 fully saturated rings. The summed E-state index contributed by atoms with van der Waals surface area (Å²) in [6.07, 6.45) is 47.8. The van der Waals surface area contributed by atoms with Gasteiger partial charge in [0, 0.05) is 12.8 Å². The summed E-state index contributed by atoms with van der Waals surface area (Å²) in [5, 5.41) is 11.7. The number of esters is 2. The van der Waals surface area contributed by atoms with E-state index in [-0.39, 0.29) is 38.6 Å². The second kappa shape index (κ2) is 41.5. The number of hydrogen-bond acceptors (Lipinski definition) is 8. The summed E-state index contributed by atoms with van der Waals surface area (Å²) < 4.78 is 22.5. The van der Waals surface area contributed by atoms with Crippen LogP contribution in [-0.4, -0.2) is 82.3 Å². The third-order valence-corrected chi connectivity index (χ3v) is 9.45. The van der Waals surface area contributed by atoms with E-state index in [4.69, 9.17) is 18.9 Å². The number of carbonyl (C=O) groups is 3. The topological polar surface area (TPSA) is 111 Å². The van der Waals surface area contributed by atoms with Crippen LogP contribution in [0.4, 0.5) is 0 Å². The molecule has 338 valence electrons. The lowest BCUT2D eigenvalue weighted by molar-refractivity contribution is -0.870. The highest BCUT2D eigenvalue weighted by molar-refractivity contribution is 5.70. The Balaban J connectivity index is 4.45. The molecule has 0 spiro atoms. The number of nitrogens with zero attached hydrogens (tertiary/aromatic N) is 1. The molecular formula is C50H85NO8. The minimum atomic E-state index is -1.63. The van der Waals surface area contributed by atoms with Gasteiger partial charge in [0.05, 0.1) is 40.3 Å². The van der Waals surface area contributed by atoms with Crippen molar-refractivity contribution < 1.29 is 42.9 Å². The molecule has 0 aromatic rings. The number of allylic oxidation sites excluding steroid dienone is 12. The first kappa shape index (κ1) is 55.7. The number of carboxylic acids is 1. The lowest BCUT2D eigenvalue weighted by Gasteiger charge is -2.26. The fourth-order valence-corrected chi connectivity index (χ4v) is 5.92. The van der Waals surface area contributed by atoms with Crippen LogP contribution >= 0.6 is 0 Å². The number of aliphatic carboxylic acids is 1. The summed E-state index contributed by atoms with van der Waals surface area (Å²) >= 11 is 0. The van der Waals surface area contributed by atoms with Crippen LogP contribution in [0.15, 0.2) is 72.9 Å². The predicted molar refractivity (Wildman–Crippen MR) is 241 cm³/mol. The second-order valence-electron chi connectivity index (χ2n) is 16.3. The van der Waals surface area contributed by atoms with Crippen LogP contribution in [0.3, 0.4) is 0 Å². The first-order valence-corrected chi connectivity index (χ1v) is 23.1. The van der Waals surface area contributed by atoms with Crippen LogP contribution < -0.4 is 5.11 Å². The highest BCUT2D eigenvalue weighted by atomic mass is 16.7. The highest BCUT2D eigenvalue weighted by Crippen LogP contribution is 2.13. The first-order chi connectivity index (χ1) is 28.6. The number of likely N-dealkylation sites (N-methyl/N-ethyl adjacent to an activating group) is 1. The molecule has 0 amide bonds. The lowest BCUT2D eigenvalue weighted by Crippen LogP contribution is -2.44. The summed E-state index contributed by atoms with van der Waals surface area (Å²) in [4.78, 5) is 37.0. The van der Waals surface area contributed by atoms with Crippen molar-refractivity contribution in [3.8, 4) is 0 Å². The molecule has 0 aliphatic rings. The van der Waals surface area contributed by atoms with Gasteiger partial charge in [0.1, 0.15) is 13.2 Å². The van der Waals surface area contributed by atoms with Gasteiger partial charge in [-0.2, -0.15) is 0 Å². The zero-order chi connectivity index (χ0) is 43.5. The minimum Gasteiger partial charge on any atom is -0.545 e. The third-order valence-electron chi connectivity index (χ3n) is 9.45. The molecule has 59 heavy (non-hydrogen) atoms. The Bertz CT molecular complexity index is 1200. The molecule has 0 aliphatic carbocycles. The zero-order valence-corrected chi connectivity index (χ0v) is 38.1. The van der Waals surface area contributed by atoms with Gasteiger partial charge in [-0.15, -0.1) is 0 Å². The average Bonchev–Trinajstić information content (AvgIpc) is 3.19. The van der Waals surface area contributed by atoms with E-state index in [0.717, 1.165) is 96.3 Å². The van der Waals surface area contributed by atoms with Crippen molar-refractivity contribution >= 4 is 17.9 Å². The normalized spacial score (nSPS) is 13.6. The number of carboxylic acid groups (broad SMARTS) is 1. The van der Waals surface area contributed by atoms with Crippen molar-refractivity contribution in [2.45, 2.75) is 180 Å². The quantitative estimate of drug-likeness (QED) is 0.0197. The van der Waals surface area contributed by atoms with E-state index < -0.39 is 24.3 Å². The van der Waals surface area contributed by atoms with Crippen molar-refractivity contribution in [1.29, 1.82) is 0 Å². The molecule has 2 unspecified atom stereocenters. The Labute approximate surface area is 360 Å². The Kier molecular flexibility index (Phi) is 39.2. The van der Waals surface area contributed by atoms with Crippen LogP contribution in [-0.2, 0) is 33.3 Å². The van der Waals surface area contributed by atoms with Crippen LogP contribution in [0.2, 0.25) is 0 Å². The molecule has 0 saturated heterocycles. The standard InChI is InChI=1S/C50H85NO8/c1-6-8-10-12-14-16-18-20-22-24-26-28-30-32-34-36-38-40-47(52)57-44-46(45-58-50(49(54)55)56-43-42-51(3,4)5)59-48(53)41-39-37-35-33-31-29-27-25-23-21-19-17-15-13-11-9-7-2/h8-11,14-17,20-23,46,50H,6-7,12-13,18-19,24-45H2,1-5H3/b10-8-,11-9-,16-14-,17-15-,22-20-,23-21-. The van der Waals surface area contributed by atoms with Gasteiger partial charge >= 0.3 is 11.9 Å². The number of ether oxygens (including phenoxy) is 4. The Morgan fingerprint density at radius 2 is 0.915 bits per heavy atom. The summed E-state index contributed by atoms with van der Waals surface area (Å²) in [6.45, 7) is 4.48. The number of hydrogen-bond donors (Lipinski definition) is 0. The molecule has 0 heterocycles. The van der Waals surface area contributed by atoms with Gasteiger partial charge in [0.25, 0.3) is 0 Å². The molecule has 9 nitrogen and oxygen atoms in total. The molecule has 0 bridgehead atoms. The average molecular weight is 828 g/mol. The van der Waals surface area contributed by atoms with Crippen LogP contribution in [0.5, 0.6) is 0 Å². The third kappa shape index (κ3) is 42.7. The molecule has 0 aromatic carbocycles. The molecule has 0 aromatic heterocycles. The van der Waals surface area contributed by atoms with Gasteiger partial charge in [0.15, 0.2) is 12.4 Å². The molecule has 0 aliphatic heterocycles. The molecule has 0 saturated carbocycles. The van der Waals surface area contributed by atoms with Crippen molar-refractivity contribution in [2.24, 2.45) is 0 Å². The van der Waals surface area contributed by atoms with Gasteiger partial charge in [0.2, 0.25) is 0 Å². The lowest BCUT2D eigenvalue weighted by atomic mass is 10.1. The van der Waals surface area contributed by atoms with Crippen molar-refractivity contribution in [3.05, 3.63) is 72.9 Å². The van der Waals surface area contributed by atoms with E-state index in [1.54, 1.807) is 0 Å². The molecule has 2 atom stereocenters. The smallest absolute Gasteiger partial charge is 0.306 e. The Morgan fingerprint density at radius 3 is 1.36 bits per heavy atom. The zero-order valence-electron chi connectivity index (χ0n) is 38.1. The van der Waals surface area contributed by atoms with Gasteiger partial charge in [-0.05, 0) is 77.0 Å². The Morgan fingerprint density at radius 1 is 0.508 bits per heavy atom. The number of unbranched alkanes of at least 4 members (excludes halogenated alkanes) is 14. The predicted octanol–water partition coefficient (Wildman–Crippen LogP) is 11.0. The Hall–Kier alpha value is -3.27. The maximum Gasteiger partial charge on any atom is 0.306 e. The van der Waals surface area contributed by atoms with Gasteiger partial charge < -0.3 is 33.3 Å². The molecular weight excluding hydrogens is 743 g/mol. The fourth-order valence-electron chi connectivity index (χ4n) is 5.92. The fraction of sp³-hybridized carbons (Fsp3) is 0.700. The van der Waals surface area contributed by atoms with E-state index in [9.17, 15) is 19.5 Å². The van der Waals surface area contributed by atoms with Gasteiger partial charge in [-0.3, -0.25) is 9.59 Å². The largest absolute Gasteiger partial charge is 0.545 e. The SMILES string of the molecule is CC/C=C\C/C=C\C/C=C\CCCCCCCCCC(=O)OCC(COC(OCC[N+](C)(C)C)C(=O)[O-])OC(=O)CCCCCCCCC/C=C\C/C=C\C/C=C\CC. The summed E-state index contributed by atoms with van der Waals surface area (Å²) in [5.74, 6) is -2.32. The minimum absolute atomic E-state index is 0.140. The first-order valence-electron chi connectivity index (χ1n) is 23.1. The van der Waals surface area contributed by atoms with E-state index >= 15 is 0 Å².